The first-order valence-corrected chi connectivity index (χ1v) is 5.99. The first kappa shape index (κ1) is 9.50. The van der Waals surface area contributed by atoms with Gasteiger partial charge in [-0.15, -0.1) is 0 Å². The van der Waals surface area contributed by atoms with E-state index in [1.54, 1.807) is 0 Å². The highest BCUT2D eigenvalue weighted by atomic mass is 79.9. The second-order valence-electron chi connectivity index (χ2n) is 4.54. The molecule has 0 bridgehead atoms. The molecule has 2 atom stereocenters. The molecule has 2 aliphatic rings. The minimum atomic E-state index is -0.109. The number of hydrogen-bond acceptors (Lipinski definition) is 1. The summed E-state index contributed by atoms with van der Waals surface area (Å²) in [7, 11) is 0. The van der Waals surface area contributed by atoms with Gasteiger partial charge in [0.15, 0.2) is 0 Å². The third kappa shape index (κ3) is 1.76. The SMILES string of the molecule is C[C@@]1(C(=O)NC2CCCC2)C[C@@H]1Br. The van der Waals surface area contributed by atoms with Crippen LogP contribution < -0.4 is 5.32 Å². The van der Waals surface area contributed by atoms with Crippen molar-refractivity contribution in [2.75, 3.05) is 0 Å². The minimum Gasteiger partial charge on any atom is -0.353 e. The number of hydrogen-bond donors (Lipinski definition) is 1. The van der Waals surface area contributed by atoms with Crippen molar-refractivity contribution in [3.8, 4) is 0 Å². The average Bonchev–Trinajstić information content (AvgIpc) is 2.53. The van der Waals surface area contributed by atoms with Crippen LogP contribution in [0.1, 0.15) is 39.0 Å². The van der Waals surface area contributed by atoms with Crippen molar-refractivity contribution in [1.29, 1.82) is 0 Å². The second-order valence-corrected chi connectivity index (χ2v) is 5.65. The molecule has 2 nitrogen and oxygen atoms in total. The van der Waals surface area contributed by atoms with Crippen LogP contribution in [-0.2, 0) is 4.79 Å². The first-order valence-electron chi connectivity index (χ1n) is 5.08. The number of carbonyl (C=O) groups is 1. The summed E-state index contributed by atoms with van der Waals surface area (Å²) < 4.78 is 0. The van der Waals surface area contributed by atoms with Crippen molar-refractivity contribution in [3.63, 3.8) is 0 Å². The van der Waals surface area contributed by atoms with Crippen LogP contribution >= 0.6 is 15.9 Å². The van der Waals surface area contributed by atoms with Crippen LogP contribution in [0.4, 0.5) is 0 Å². The molecule has 0 aromatic rings. The summed E-state index contributed by atoms with van der Waals surface area (Å²) in [4.78, 5) is 12.2. The Kier molecular flexibility index (Phi) is 2.39. The smallest absolute Gasteiger partial charge is 0.227 e. The molecule has 13 heavy (non-hydrogen) atoms. The fraction of sp³-hybridized carbons (Fsp3) is 0.900. The zero-order valence-electron chi connectivity index (χ0n) is 7.98. The van der Waals surface area contributed by atoms with E-state index in [-0.39, 0.29) is 11.3 Å². The number of amides is 1. The van der Waals surface area contributed by atoms with E-state index in [0.717, 1.165) is 6.42 Å². The first-order chi connectivity index (χ1) is 6.13. The van der Waals surface area contributed by atoms with Crippen molar-refractivity contribution in [1.82, 2.24) is 5.32 Å². The molecule has 1 N–H and O–H groups in total. The number of rotatable bonds is 2. The summed E-state index contributed by atoms with van der Waals surface area (Å²) in [5, 5.41) is 3.14. The zero-order valence-corrected chi connectivity index (χ0v) is 9.56. The Morgan fingerprint density at radius 3 is 2.46 bits per heavy atom. The quantitative estimate of drug-likeness (QED) is 0.743. The molecule has 0 aromatic carbocycles. The van der Waals surface area contributed by atoms with Crippen LogP contribution in [0.25, 0.3) is 0 Å². The Labute approximate surface area is 87.6 Å². The van der Waals surface area contributed by atoms with E-state index in [1.165, 1.54) is 25.7 Å². The van der Waals surface area contributed by atoms with E-state index in [4.69, 9.17) is 0 Å². The van der Waals surface area contributed by atoms with Crippen LogP contribution in [0, 0.1) is 5.41 Å². The summed E-state index contributed by atoms with van der Waals surface area (Å²) >= 11 is 3.49. The van der Waals surface area contributed by atoms with Crippen LogP contribution in [-0.4, -0.2) is 16.8 Å². The van der Waals surface area contributed by atoms with E-state index >= 15 is 0 Å². The molecule has 0 spiro atoms. The van der Waals surface area contributed by atoms with Gasteiger partial charge in [0, 0.05) is 10.9 Å². The summed E-state index contributed by atoms with van der Waals surface area (Å²) in [6, 6.07) is 0.463. The molecule has 74 valence electrons. The van der Waals surface area contributed by atoms with Gasteiger partial charge in [-0.3, -0.25) is 4.79 Å². The summed E-state index contributed by atoms with van der Waals surface area (Å²) in [6.07, 6.45) is 5.90. The molecule has 0 saturated heterocycles. The fourth-order valence-electron chi connectivity index (χ4n) is 1.97. The minimum absolute atomic E-state index is 0.109. The highest BCUT2D eigenvalue weighted by Gasteiger charge is 2.54. The highest BCUT2D eigenvalue weighted by molar-refractivity contribution is 9.09. The molecule has 2 rings (SSSR count). The van der Waals surface area contributed by atoms with Crippen LogP contribution in [0.3, 0.4) is 0 Å². The lowest BCUT2D eigenvalue weighted by Crippen LogP contribution is -2.38. The Balaban J connectivity index is 1.85. The Hall–Kier alpha value is -0.0500. The largest absolute Gasteiger partial charge is 0.353 e. The van der Waals surface area contributed by atoms with E-state index in [0.29, 0.717) is 10.9 Å². The zero-order chi connectivity index (χ0) is 9.47. The number of nitrogens with one attached hydrogen (secondary N) is 1. The van der Waals surface area contributed by atoms with Gasteiger partial charge in [-0.25, -0.2) is 0 Å². The molecule has 0 heterocycles. The van der Waals surface area contributed by atoms with Gasteiger partial charge in [0.25, 0.3) is 0 Å². The molecule has 2 saturated carbocycles. The van der Waals surface area contributed by atoms with Gasteiger partial charge in [0.05, 0.1) is 5.41 Å². The molecule has 0 unspecified atom stereocenters. The van der Waals surface area contributed by atoms with Gasteiger partial charge >= 0.3 is 0 Å². The third-order valence-electron chi connectivity index (χ3n) is 3.34. The lowest BCUT2D eigenvalue weighted by Gasteiger charge is -2.15. The topological polar surface area (TPSA) is 29.1 Å². The predicted octanol–water partition coefficient (Wildman–Crippen LogP) is 2.22. The van der Waals surface area contributed by atoms with Crippen molar-refractivity contribution in [2.45, 2.75) is 49.9 Å². The Morgan fingerprint density at radius 2 is 2.00 bits per heavy atom. The molecule has 0 radical (unpaired) electrons. The normalized spacial score (nSPS) is 39.1. The number of halogens is 1. The third-order valence-corrected chi connectivity index (χ3v) is 4.68. The maximum absolute atomic E-state index is 11.8. The molecule has 0 aliphatic heterocycles. The number of carbonyl (C=O) groups excluding carboxylic acids is 1. The molecule has 1 amide bonds. The van der Waals surface area contributed by atoms with Crippen LogP contribution in [0.2, 0.25) is 0 Å². The monoisotopic (exact) mass is 245 g/mol. The maximum atomic E-state index is 11.8. The Bertz CT molecular complexity index is 225. The van der Waals surface area contributed by atoms with Gasteiger partial charge < -0.3 is 5.32 Å². The van der Waals surface area contributed by atoms with Crippen molar-refractivity contribution in [2.24, 2.45) is 5.41 Å². The van der Waals surface area contributed by atoms with Crippen LogP contribution in [0.15, 0.2) is 0 Å². The van der Waals surface area contributed by atoms with E-state index in [9.17, 15) is 4.79 Å². The fourth-order valence-corrected chi connectivity index (χ4v) is 2.85. The molecular formula is C10H16BrNO. The van der Waals surface area contributed by atoms with Gasteiger partial charge in [-0.05, 0) is 26.2 Å². The van der Waals surface area contributed by atoms with Crippen molar-refractivity contribution in [3.05, 3.63) is 0 Å². The van der Waals surface area contributed by atoms with Gasteiger partial charge in [-0.2, -0.15) is 0 Å². The predicted molar refractivity (Wildman–Crippen MR) is 55.8 cm³/mol. The van der Waals surface area contributed by atoms with Gasteiger partial charge in [0.1, 0.15) is 0 Å². The molecular weight excluding hydrogens is 230 g/mol. The van der Waals surface area contributed by atoms with E-state index < -0.39 is 0 Å². The maximum Gasteiger partial charge on any atom is 0.227 e. The van der Waals surface area contributed by atoms with E-state index in [2.05, 4.69) is 21.2 Å². The van der Waals surface area contributed by atoms with Gasteiger partial charge in [0.2, 0.25) is 5.91 Å². The second kappa shape index (κ2) is 3.26. The van der Waals surface area contributed by atoms with Crippen molar-refractivity contribution >= 4 is 21.8 Å². The molecule has 3 heteroatoms. The van der Waals surface area contributed by atoms with E-state index in [1.807, 2.05) is 6.92 Å². The summed E-state index contributed by atoms with van der Waals surface area (Å²) in [5.74, 6) is 0.251. The summed E-state index contributed by atoms with van der Waals surface area (Å²) in [5.41, 5.74) is -0.109. The molecule has 0 aromatic heterocycles. The van der Waals surface area contributed by atoms with Gasteiger partial charge in [-0.1, -0.05) is 28.8 Å². The van der Waals surface area contributed by atoms with Crippen LogP contribution in [0.5, 0.6) is 0 Å². The lowest BCUT2D eigenvalue weighted by atomic mass is 10.1. The standard InChI is InChI=1S/C10H16BrNO/c1-10(6-8(10)11)9(13)12-7-4-2-3-5-7/h7-8H,2-6H2,1H3,(H,12,13)/t8-,10+/m0/s1. The molecule has 2 fully saturated rings. The van der Waals surface area contributed by atoms with Crippen molar-refractivity contribution < 1.29 is 4.79 Å². The summed E-state index contributed by atoms with van der Waals surface area (Å²) in [6.45, 7) is 2.04. The Morgan fingerprint density at radius 1 is 1.46 bits per heavy atom. The highest BCUT2D eigenvalue weighted by Crippen LogP contribution is 2.51. The lowest BCUT2D eigenvalue weighted by molar-refractivity contribution is -0.126. The number of alkyl halides is 1. The average molecular weight is 246 g/mol. The molecule has 2 aliphatic carbocycles.